The highest BCUT2D eigenvalue weighted by atomic mass is 16.5. The van der Waals surface area contributed by atoms with E-state index in [0.29, 0.717) is 24.7 Å². The van der Waals surface area contributed by atoms with Crippen molar-refractivity contribution in [3.8, 4) is 0 Å². The van der Waals surface area contributed by atoms with Gasteiger partial charge in [-0.05, 0) is 33.8 Å². The highest BCUT2D eigenvalue weighted by Crippen LogP contribution is 2.16. The molecular formula is C20H29N5O3. The van der Waals surface area contributed by atoms with E-state index in [2.05, 4.69) is 31.8 Å². The molecule has 2 aromatic rings. The summed E-state index contributed by atoms with van der Waals surface area (Å²) in [5.74, 6) is 1.16. The maximum Gasteiger partial charge on any atom is 0.239 e. The lowest BCUT2D eigenvalue weighted by atomic mass is 10.1. The Morgan fingerprint density at radius 1 is 1.07 bits per heavy atom. The van der Waals surface area contributed by atoms with Gasteiger partial charge in [0.05, 0.1) is 13.1 Å². The van der Waals surface area contributed by atoms with Crippen LogP contribution in [0.3, 0.4) is 0 Å². The summed E-state index contributed by atoms with van der Waals surface area (Å²) in [5.41, 5.74) is 2.99. The molecule has 0 aromatic carbocycles. The zero-order valence-corrected chi connectivity index (χ0v) is 17.1. The number of aromatic nitrogens is 2. The second kappa shape index (κ2) is 8.70. The molecule has 3 rings (SSSR count). The quantitative estimate of drug-likeness (QED) is 0.730. The summed E-state index contributed by atoms with van der Waals surface area (Å²) in [4.78, 5) is 29.1. The van der Waals surface area contributed by atoms with Crippen molar-refractivity contribution < 1.29 is 14.1 Å². The van der Waals surface area contributed by atoms with Gasteiger partial charge in [0.15, 0.2) is 11.6 Å². The van der Waals surface area contributed by atoms with E-state index in [4.69, 9.17) is 4.52 Å². The molecule has 0 radical (unpaired) electrons. The highest BCUT2D eigenvalue weighted by molar-refractivity contribution is 5.99. The average molecular weight is 387 g/mol. The lowest BCUT2D eigenvalue weighted by Crippen LogP contribution is -2.49. The summed E-state index contributed by atoms with van der Waals surface area (Å²) in [7, 11) is 0. The Balaban J connectivity index is 1.46. The summed E-state index contributed by atoms with van der Waals surface area (Å²) < 4.78 is 7.12. The third-order valence-electron chi connectivity index (χ3n) is 5.29. The van der Waals surface area contributed by atoms with E-state index in [1.54, 1.807) is 13.0 Å². The van der Waals surface area contributed by atoms with Crippen LogP contribution in [0.25, 0.3) is 0 Å². The Labute approximate surface area is 165 Å². The van der Waals surface area contributed by atoms with Crippen molar-refractivity contribution in [2.45, 2.75) is 34.2 Å². The van der Waals surface area contributed by atoms with E-state index in [-0.39, 0.29) is 11.7 Å². The molecule has 0 atom stereocenters. The van der Waals surface area contributed by atoms with Crippen molar-refractivity contribution >= 4 is 17.5 Å². The van der Waals surface area contributed by atoms with Crippen molar-refractivity contribution in [3.05, 3.63) is 34.8 Å². The van der Waals surface area contributed by atoms with Crippen molar-refractivity contribution in [3.63, 3.8) is 0 Å². The maximum atomic E-state index is 12.7. The third kappa shape index (κ3) is 4.69. The van der Waals surface area contributed by atoms with Crippen molar-refractivity contribution in [2.24, 2.45) is 0 Å². The summed E-state index contributed by atoms with van der Waals surface area (Å²) in [6, 6.07) is 3.68. The molecule has 0 spiro atoms. The van der Waals surface area contributed by atoms with E-state index in [1.807, 2.05) is 19.9 Å². The van der Waals surface area contributed by atoms with Gasteiger partial charge in [-0.3, -0.25) is 19.4 Å². The predicted octanol–water partition coefficient (Wildman–Crippen LogP) is 1.86. The molecule has 0 bridgehead atoms. The number of aryl methyl sites for hydroxylation is 2. The van der Waals surface area contributed by atoms with E-state index in [0.717, 1.165) is 49.7 Å². The van der Waals surface area contributed by atoms with E-state index >= 15 is 0 Å². The standard InChI is InChI=1S/C20H29N5O3/c1-5-25-14(2)10-17(16(25)4)18(26)12-23-6-8-24(9-7-23)13-20(27)21-19-11-15(3)28-22-19/h10-11H,5-9,12-13H2,1-4H3,(H,21,22,27). The van der Waals surface area contributed by atoms with Crippen LogP contribution in [0.15, 0.2) is 16.7 Å². The predicted molar refractivity (Wildman–Crippen MR) is 107 cm³/mol. The van der Waals surface area contributed by atoms with Crippen LogP contribution in [0.4, 0.5) is 5.82 Å². The Kier molecular flexibility index (Phi) is 6.31. The van der Waals surface area contributed by atoms with Crippen LogP contribution >= 0.6 is 0 Å². The number of hydrogen-bond acceptors (Lipinski definition) is 6. The Morgan fingerprint density at radius 2 is 1.71 bits per heavy atom. The molecule has 1 saturated heterocycles. The smallest absolute Gasteiger partial charge is 0.239 e. The SMILES string of the molecule is CCn1c(C)cc(C(=O)CN2CCN(CC(=O)Nc3cc(C)on3)CC2)c1C. The monoisotopic (exact) mass is 387 g/mol. The van der Waals surface area contributed by atoms with Gasteiger partial charge in [0.25, 0.3) is 0 Å². The van der Waals surface area contributed by atoms with Crippen LogP contribution in [0.5, 0.6) is 0 Å². The van der Waals surface area contributed by atoms with Gasteiger partial charge < -0.3 is 14.4 Å². The van der Waals surface area contributed by atoms with Gasteiger partial charge in [-0.25, -0.2) is 0 Å². The van der Waals surface area contributed by atoms with Crippen molar-refractivity contribution in [1.82, 2.24) is 19.5 Å². The normalized spacial score (nSPS) is 15.7. The molecule has 0 unspecified atom stereocenters. The molecule has 152 valence electrons. The minimum Gasteiger partial charge on any atom is -0.360 e. The van der Waals surface area contributed by atoms with Crippen LogP contribution in [-0.4, -0.2) is 70.5 Å². The molecule has 1 amide bonds. The van der Waals surface area contributed by atoms with Crippen LogP contribution in [-0.2, 0) is 11.3 Å². The van der Waals surface area contributed by atoms with E-state index in [1.165, 1.54) is 0 Å². The van der Waals surface area contributed by atoms with Crippen LogP contribution in [0.2, 0.25) is 0 Å². The van der Waals surface area contributed by atoms with E-state index < -0.39 is 0 Å². The summed E-state index contributed by atoms with van der Waals surface area (Å²) in [6.07, 6.45) is 0. The maximum absolute atomic E-state index is 12.7. The fourth-order valence-electron chi connectivity index (χ4n) is 3.77. The van der Waals surface area contributed by atoms with E-state index in [9.17, 15) is 9.59 Å². The van der Waals surface area contributed by atoms with Crippen molar-refractivity contribution in [1.29, 1.82) is 0 Å². The first kappa shape index (κ1) is 20.3. The van der Waals surface area contributed by atoms with Crippen LogP contribution < -0.4 is 5.32 Å². The summed E-state index contributed by atoms with van der Waals surface area (Å²) >= 11 is 0. The zero-order valence-electron chi connectivity index (χ0n) is 17.1. The number of carbonyl (C=O) groups is 2. The first-order valence-corrected chi connectivity index (χ1v) is 9.75. The van der Waals surface area contributed by atoms with Crippen molar-refractivity contribution in [2.75, 3.05) is 44.6 Å². The Hall–Kier alpha value is -2.45. The lowest BCUT2D eigenvalue weighted by Gasteiger charge is -2.33. The summed E-state index contributed by atoms with van der Waals surface area (Å²) in [5, 5.41) is 6.51. The molecule has 8 heteroatoms. The zero-order chi connectivity index (χ0) is 20.3. The number of ketones is 1. The van der Waals surface area contributed by atoms with Gasteiger partial charge in [0.2, 0.25) is 5.91 Å². The number of piperazine rings is 1. The minimum absolute atomic E-state index is 0.107. The first-order chi connectivity index (χ1) is 13.4. The number of carbonyl (C=O) groups excluding carboxylic acids is 2. The lowest BCUT2D eigenvalue weighted by molar-refractivity contribution is -0.117. The fourth-order valence-corrected chi connectivity index (χ4v) is 3.77. The topological polar surface area (TPSA) is 83.6 Å². The molecule has 1 N–H and O–H groups in total. The van der Waals surface area contributed by atoms with Gasteiger partial charge in [0, 0.05) is 55.7 Å². The van der Waals surface area contributed by atoms with Gasteiger partial charge in [-0.15, -0.1) is 0 Å². The number of anilines is 1. The molecule has 0 aliphatic carbocycles. The average Bonchev–Trinajstić information content (AvgIpc) is 3.18. The fraction of sp³-hybridized carbons (Fsp3) is 0.550. The molecule has 1 aliphatic rings. The molecule has 8 nitrogen and oxygen atoms in total. The second-order valence-corrected chi connectivity index (χ2v) is 7.38. The molecule has 3 heterocycles. The van der Waals surface area contributed by atoms with Crippen LogP contribution in [0.1, 0.15) is 34.4 Å². The Bertz CT molecular complexity index is 846. The van der Waals surface area contributed by atoms with Gasteiger partial charge >= 0.3 is 0 Å². The Morgan fingerprint density at radius 3 is 2.25 bits per heavy atom. The van der Waals surface area contributed by atoms with Gasteiger partial charge in [0.1, 0.15) is 5.76 Å². The van der Waals surface area contributed by atoms with Gasteiger partial charge in [-0.2, -0.15) is 0 Å². The summed E-state index contributed by atoms with van der Waals surface area (Å²) in [6.45, 7) is 12.6. The largest absolute Gasteiger partial charge is 0.360 e. The molecule has 1 fully saturated rings. The number of hydrogen-bond donors (Lipinski definition) is 1. The molecule has 1 aliphatic heterocycles. The molecule has 0 saturated carbocycles. The molecular weight excluding hydrogens is 358 g/mol. The second-order valence-electron chi connectivity index (χ2n) is 7.38. The number of rotatable bonds is 7. The number of nitrogens with zero attached hydrogens (tertiary/aromatic N) is 4. The number of Topliss-reactive ketones (excluding diaryl/α,β-unsaturated/α-hetero) is 1. The first-order valence-electron chi connectivity index (χ1n) is 9.75. The number of amides is 1. The molecule has 28 heavy (non-hydrogen) atoms. The minimum atomic E-state index is -0.107. The third-order valence-corrected chi connectivity index (χ3v) is 5.29. The highest BCUT2D eigenvalue weighted by Gasteiger charge is 2.23. The number of nitrogens with one attached hydrogen (secondary N) is 1. The van der Waals surface area contributed by atoms with Gasteiger partial charge in [-0.1, -0.05) is 5.16 Å². The molecule has 2 aromatic heterocycles. The van der Waals surface area contributed by atoms with Crippen LogP contribution in [0, 0.1) is 20.8 Å².